The molecule has 0 bridgehead atoms. The Kier molecular flexibility index (Phi) is 8.49. The summed E-state index contributed by atoms with van der Waals surface area (Å²) in [5.74, 6) is -52.8. The molecular formula is C15H11F15N2O2. The number of carbonyl (C=O) groups is 1. The predicted molar refractivity (Wildman–Crippen MR) is 81.9 cm³/mol. The highest BCUT2D eigenvalue weighted by atomic mass is 19.4. The normalized spacial score (nSPS) is 14.3. The lowest BCUT2D eigenvalue weighted by Gasteiger charge is -2.40. The molecule has 1 aromatic rings. The first-order chi connectivity index (χ1) is 14.7. The molecule has 4 nitrogen and oxygen atoms in total. The van der Waals surface area contributed by atoms with Crippen LogP contribution in [0.25, 0.3) is 0 Å². The molecule has 1 heterocycles. The van der Waals surface area contributed by atoms with Crippen LogP contribution in [-0.2, 0) is 4.79 Å². The van der Waals surface area contributed by atoms with Crippen molar-refractivity contribution in [3.8, 4) is 0 Å². The zero-order chi connectivity index (χ0) is 27.8. The minimum atomic E-state index is -8.47. The smallest absolute Gasteiger partial charge is 0.460 e. The quantitative estimate of drug-likeness (QED) is 0.462. The van der Waals surface area contributed by atoms with Crippen molar-refractivity contribution in [1.29, 1.82) is 0 Å². The third-order valence-corrected chi connectivity index (χ3v) is 3.78. The van der Waals surface area contributed by atoms with Gasteiger partial charge in [0.05, 0.1) is 0 Å². The molecule has 0 saturated heterocycles. The van der Waals surface area contributed by atoms with Crippen LogP contribution in [0.4, 0.5) is 71.5 Å². The number of carboxylic acid groups (broad SMARTS) is 1. The number of aromatic nitrogens is 1. The van der Waals surface area contributed by atoms with Crippen molar-refractivity contribution in [2.75, 3.05) is 19.0 Å². The first-order valence-corrected chi connectivity index (χ1v) is 7.89. The van der Waals surface area contributed by atoms with E-state index in [1.807, 2.05) is 31.1 Å². The number of carboxylic acids is 1. The molecule has 0 atom stereocenters. The van der Waals surface area contributed by atoms with Crippen molar-refractivity contribution in [3.05, 3.63) is 24.5 Å². The molecule has 19 heteroatoms. The molecule has 0 aliphatic heterocycles. The van der Waals surface area contributed by atoms with Crippen molar-refractivity contribution in [1.82, 2.24) is 4.98 Å². The van der Waals surface area contributed by atoms with Crippen LogP contribution in [0.15, 0.2) is 24.5 Å². The number of rotatable bonds is 7. The first-order valence-electron chi connectivity index (χ1n) is 7.89. The molecule has 0 amide bonds. The molecule has 0 radical (unpaired) electrons. The van der Waals surface area contributed by atoms with Gasteiger partial charge in [-0.15, -0.1) is 0 Å². The largest absolute Gasteiger partial charge is 0.477 e. The molecule has 0 aliphatic rings. The second-order valence-electron chi connectivity index (χ2n) is 6.35. The van der Waals surface area contributed by atoms with Gasteiger partial charge in [0.1, 0.15) is 0 Å². The Morgan fingerprint density at radius 2 is 1.00 bits per heavy atom. The van der Waals surface area contributed by atoms with Crippen LogP contribution in [0.5, 0.6) is 0 Å². The summed E-state index contributed by atoms with van der Waals surface area (Å²) in [5, 5.41) is 7.57. The Hall–Kier alpha value is -2.63. The van der Waals surface area contributed by atoms with Gasteiger partial charge in [0, 0.05) is 32.2 Å². The number of nitrogens with zero attached hydrogens (tertiary/aromatic N) is 2. The summed E-state index contributed by atoms with van der Waals surface area (Å²) in [6, 6.07) is 3.94. The van der Waals surface area contributed by atoms with E-state index in [9.17, 15) is 70.7 Å². The van der Waals surface area contributed by atoms with Crippen molar-refractivity contribution < 1.29 is 75.8 Å². The van der Waals surface area contributed by atoms with E-state index in [1.54, 1.807) is 12.4 Å². The second kappa shape index (κ2) is 9.20. The lowest BCUT2D eigenvalue weighted by molar-refractivity contribution is -0.450. The Morgan fingerprint density at radius 1 is 0.676 bits per heavy atom. The highest BCUT2D eigenvalue weighted by molar-refractivity contribution is 5.77. The van der Waals surface area contributed by atoms with E-state index < -0.39 is 47.7 Å². The van der Waals surface area contributed by atoms with Crippen molar-refractivity contribution in [2.45, 2.75) is 41.7 Å². The van der Waals surface area contributed by atoms with Gasteiger partial charge in [0.25, 0.3) is 0 Å². The van der Waals surface area contributed by atoms with E-state index >= 15 is 0 Å². The molecule has 0 fully saturated rings. The Balaban J connectivity index is 0.000000999. The number of pyridine rings is 1. The van der Waals surface area contributed by atoms with Gasteiger partial charge < -0.3 is 10.0 Å². The molecule has 0 aliphatic carbocycles. The fourth-order valence-corrected chi connectivity index (χ4v) is 1.74. The molecule has 1 N–H and O–H groups in total. The molecule has 0 spiro atoms. The van der Waals surface area contributed by atoms with Gasteiger partial charge in [0.15, 0.2) is 0 Å². The minimum Gasteiger partial charge on any atom is -0.477 e. The summed E-state index contributed by atoms with van der Waals surface area (Å²) in [6.07, 6.45) is -4.12. The summed E-state index contributed by atoms with van der Waals surface area (Å²) in [5.41, 5.74) is 1.19. The van der Waals surface area contributed by atoms with Crippen LogP contribution in [0.3, 0.4) is 0 Å². The summed E-state index contributed by atoms with van der Waals surface area (Å²) in [6.45, 7) is 0. The molecule has 0 saturated carbocycles. The zero-order valence-corrected chi connectivity index (χ0v) is 16.2. The fourth-order valence-electron chi connectivity index (χ4n) is 1.74. The number of aliphatic carboxylic acids is 1. The van der Waals surface area contributed by atoms with E-state index in [0.717, 1.165) is 0 Å². The molecular weight excluding hydrogens is 525 g/mol. The van der Waals surface area contributed by atoms with Gasteiger partial charge >= 0.3 is 47.7 Å². The Morgan fingerprint density at radius 3 is 1.26 bits per heavy atom. The van der Waals surface area contributed by atoms with Crippen LogP contribution < -0.4 is 4.90 Å². The zero-order valence-electron chi connectivity index (χ0n) is 16.2. The predicted octanol–water partition coefficient (Wildman–Crippen LogP) is 5.59. The molecule has 0 unspecified atom stereocenters. The summed E-state index contributed by atoms with van der Waals surface area (Å²) < 4.78 is 187. The maximum absolute atomic E-state index is 12.8. The number of halogens is 15. The second-order valence-corrected chi connectivity index (χ2v) is 6.35. The summed E-state index contributed by atoms with van der Waals surface area (Å²) >= 11 is 0. The molecule has 198 valence electrons. The first kappa shape index (κ1) is 31.4. The Bertz CT molecular complexity index is 838. The third-order valence-electron chi connectivity index (χ3n) is 3.78. The average molecular weight is 536 g/mol. The van der Waals surface area contributed by atoms with E-state index in [4.69, 9.17) is 5.11 Å². The van der Waals surface area contributed by atoms with E-state index in [-0.39, 0.29) is 0 Å². The summed E-state index contributed by atoms with van der Waals surface area (Å²) in [7, 11) is 4.02. The van der Waals surface area contributed by atoms with Gasteiger partial charge in [-0.3, -0.25) is 4.98 Å². The van der Waals surface area contributed by atoms with Gasteiger partial charge in [0.2, 0.25) is 0 Å². The molecule has 1 aromatic heterocycles. The number of hydrogen-bond acceptors (Lipinski definition) is 3. The molecule has 34 heavy (non-hydrogen) atoms. The van der Waals surface area contributed by atoms with Crippen LogP contribution in [0.1, 0.15) is 0 Å². The maximum Gasteiger partial charge on any atom is 0.460 e. The Labute approximate surface area is 179 Å². The van der Waals surface area contributed by atoms with E-state index in [1.165, 1.54) is 5.69 Å². The monoisotopic (exact) mass is 536 g/mol. The standard InChI is InChI=1S/C8HF15O2.C7H10N2/c9-2(10,1(24)25)3(11,12)4(13,14)5(15,16)6(17,18)7(19,20)8(21,22)23;1-9(2)7-3-5-8-6-4-7/h(H,24,25);3-6H,1-2H3. The third kappa shape index (κ3) is 4.91. The number of alkyl halides is 15. The van der Waals surface area contributed by atoms with Crippen molar-refractivity contribution >= 4 is 11.7 Å². The lowest BCUT2D eigenvalue weighted by atomic mass is 9.91. The summed E-state index contributed by atoms with van der Waals surface area (Å²) in [4.78, 5) is 15.7. The average Bonchev–Trinajstić information content (AvgIpc) is 2.67. The van der Waals surface area contributed by atoms with Crippen molar-refractivity contribution in [3.63, 3.8) is 0 Å². The molecule has 0 aromatic carbocycles. The van der Waals surface area contributed by atoms with Crippen molar-refractivity contribution in [2.24, 2.45) is 0 Å². The number of anilines is 1. The van der Waals surface area contributed by atoms with Crippen LogP contribution in [-0.4, -0.2) is 71.9 Å². The lowest BCUT2D eigenvalue weighted by Crippen LogP contribution is -2.73. The van der Waals surface area contributed by atoms with Gasteiger partial charge in [-0.25, -0.2) is 4.79 Å². The minimum absolute atomic E-state index is 1.19. The highest BCUT2D eigenvalue weighted by Crippen LogP contribution is 2.62. The highest BCUT2D eigenvalue weighted by Gasteiger charge is 2.94. The van der Waals surface area contributed by atoms with E-state index in [0.29, 0.717) is 0 Å². The van der Waals surface area contributed by atoms with Crippen LogP contribution in [0, 0.1) is 0 Å². The van der Waals surface area contributed by atoms with Gasteiger partial charge in [-0.1, -0.05) is 0 Å². The fraction of sp³-hybridized carbons (Fsp3) is 0.600. The number of hydrogen-bond donors (Lipinski definition) is 1. The van der Waals surface area contributed by atoms with Crippen LogP contribution >= 0.6 is 0 Å². The van der Waals surface area contributed by atoms with Crippen LogP contribution in [0.2, 0.25) is 0 Å². The SMILES string of the molecule is CN(C)c1ccncc1.O=C(O)C(F)(F)C(F)(F)C(F)(F)C(F)(F)C(F)(F)C(F)(F)C(F)(F)F. The maximum atomic E-state index is 12.8. The topological polar surface area (TPSA) is 53.4 Å². The van der Waals surface area contributed by atoms with E-state index in [2.05, 4.69) is 4.98 Å². The van der Waals surface area contributed by atoms with Gasteiger partial charge in [-0.05, 0) is 12.1 Å². The van der Waals surface area contributed by atoms with Gasteiger partial charge in [-0.2, -0.15) is 65.9 Å². The molecule has 1 rings (SSSR count).